The molecular formula is C13H13F7O. The molecule has 0 heterocycles. The van der Waals surface area contributed by atoms with E-state index in [2.05, 4.69) is 0 Å². The van der Waals surface area contributed by atoms with E-state index in [0.717, 1.165) is 13.0 Å². The van der Waals surface area contributed by atoms with Crippen LogP contribution in [0.15, 0.2) is 18.2 Å². The largest absolute Gasteiger partial charge is 0.419 e. The molecule has 1 atom stereocenters. The standard InChI is InChI=1S/C13H13F7O/c1-11(21,5-2-6-12(15,16)17)8-3-4-10(14)9(7-8)13(18,19)20/h3-4,7,21H,2,5-6H2,1H3. The van der Waals surface area contributed by atoms with Gasteiger partial charge in [0.05, 0.1) is 11.2 Å². The van der Waals surface area contributed by atoms with E-state index in [4.69, 9.17) is 0 Å². The van der Waals surface area contributed by atoms with Crippen molar-refractivity contribution in [3.8, 4) is 0 Å². The molecule has 1 N–H and O–H groups in total. The van der Waals surface area contributed by atoms with Crippen LogP contribution in [0, 0.1) is 5.82 Å². The van der Waals surface area contributed by atoms with E-state index in [-0.39, 0.29) is 5.56 Å². The predicted molar refractivity (Wildman–Crippen MR) is 60.9 cm³/mol. The zero-order valence-corrected chi connectivity index (χ0v) is 10.9. The first-order chi connectivity index (χ1) is 9.33. The fourth-order valence-electron chi connectivity index (χ4n) is 1.85. The molecule has 1 unspecified atom stereocenters. The number of rotatable bonds is 4. The van der Waals surface area contributed by atoms with Gasteiger partial charge < -0.3 is 5.11 Å². The number of alkyl halides is 6. The Bertz CT molecular complexity index is 488. The van der Waals surface area contributed by atoms with Crippen molar-refractivity contribution >= 4 is 0 Å². The third-order valence-electron chi connectivity index (χ3n) is 3.02. The lowest BCUT2D eigenvalue weighted by Crippen LogP contribution is -2.23. The smallest absolute Gasteiger partial charge is 0.385 e. The summed E-state index contributed by atoms with van der Waals surface area (Å²) >= 11 is 0. The summed E-state index contributed by atoms with van der Waals surface area (Å²) in [5.41, 5.74) is -3.74. The Kier molecular flexibility index (Phi) is 4.92. The number of hydrogen-bond donors (Lipinski definition) is 1. The van der Waals surface area contributed by atoms with Gasteiger partial charge in [0.25, 0.3) is 0 Å². The third-order valence-corrected chi connectivity index (χ3v) is 3.02. The molecule has 0 aliphatic heterocycles. The molecule has 1 nitrogen and oxygen atoms in total. The Morgan fingerprint density at radius 3 is 2.05 bits per heavy atom. The minimum atomic E-state index is -4.94. The summed E-state index contributed by atoms with van der Waals surface area (Å²) < 4.78 is 86.9. The Morgan fingerprint density at radius 1 is 1.00 bits per heavy atom. The summed E-state index contributed by atoms with van der Waals surface area (Å²) in [6, 6.07) is 1.89. The molecule has 1 aromatic carbocycles. The van der Waals surface area contributed by atoms with Gasteiger partial charge in [-0.05, 0) is 37.5 Å². The Morgan fingerprint density at radius 2 is 1.57 bits per heavy atom. The molecule has 0 saturated carbocycles. The highest BCUT2D eigenvalue weighted by Crippen LogP contribution is 2.36. The fraction of sp³-hybridized carbons (Fsp3) is 0.538. The van der Waals surface area contributed by atoms with E-state index in [1.54, 1.807) is 0 Å². The van der Waals surface area contributed by atoms with Crippen LogP contribution in [0.25, 0.3) is 0 Å². The highest BCUT2D eigenvalue weighted by atomic mass is 19.4. The molecule has 120 valence electrons. The number of benzene rings is 1. The van der Waals surface area contributed by atoms with Crippen LogP contribution in [-0.4, -0.2) is 11.3 Å². The summed E-state index contributed by atoms with van der Waals surface area (Å²) in [5, 5.41) is 10.0. The van der Waals surface area contributed by atoms with Crippen LogP contribution in [0.4, 0.5) is 30.7 Å². The summed E-state index contributed by atoms with van der Waals surface area (Å²) in [5.74, 6) is -1.50. The lowest BCUT2D eigenvalue weighted by molar-refractivity contribution is -0.140. The molecule has 0 bridgehead atoms. The molecule has 1 rings (SSSR count). The monoisotopic (exact) mass is 318 g/mol. The van der Waals surface area contributed by atoms with E-state index >= 15 is 0 Å². The van der Waals surface area contributed by atoms with E-state index in [1.807, 2.05) is 0 Å². The normalized spacial score (nSPS) is 15.9. The van der Waals surface area contributed by atoms with Crippen molar-refractivity contribution in [2.75, 3.05) is 0 Å². The number of halogens is 7. The predicted octanol–water partition coefficient (Wildman–Crippen LogP) is 4.78. The average Bonchev–Trinajstić information content (AvgIpc) is 2.25. The molecule has 0 radical (unpaired) electrons. The van der Waals surface area contributed by atoms with Crippen LogP contribution >= 0.6 is 0 Å². The van der Waals surface area contributed by atoms with Gasteiger partial charge in [0, 0.05) is 6.42 Å². The molecule has 0 aromatic heterocycles. The second-order valence-electron chi connectivity index (χ2n) is 4.93. The van der Waals surface area contributed by atoms with Crippen molar-refractivity contribution < 1.29 is 35.8 Å². The van der Waals surface area contributed by atoms with Gasteiger partial charge in [0.15, 0.2) is 0 Å². The minimum absolute atomic E-state index is 0.279. The highest BCUT2D eigenvalue weighted by molar-refractivity contribution is 5.30. The molecule has 0 saturated heterocycles. The van der Waals surface area contributed by atoms with Crippen molar-refractivity contribution in [2.24, 2.45) is 0 Å². The molecule has 21 heavy (non-hydrogen) atoms. The summed E-state index contributed by atoms with van der Waals surface area (Å²) in [4.78, 5) is 0. The Labute approximate surface area is 116 Å². The first kappa shape index (κ1) is 17.7. The average molecular weight is 318 g/mol. The molecule has 8 heteroatoms. The van der Waals surface area contributed by atoms with Crippen molar-refractivity contribution in [3.63, 3.8) is 0 Å². The molecule has 0 aliphatic carbocycles. The zero-order chi connectivity index (χ0) is 16.5. The van der Waals surface area contributed by atoms with E-state index in [9.17, 15) is 35.8 Å². The van der Waals surface area contributed by atoms with Gasteiger partial charge in [-0.15, -0.1) is 0 Å². The first-order valence-corrected chi connectivity index (χ1v) is 5.99. The minimum Gasteiger partial charge on any atom is -0.385 e. The molecule has 0 aliphatic rings. The Hall–Kier alpha value is -1.31. The van der Waals surface area contributed by atoms with Crippen molar-refractivity contribution in [2.45, 2.75) is 44.1 Å². The Balaban J connectivity index is 2.93. The maximum atomic E-state index is 13.1. The second-order valence-corrected chi connectivity index (χ2v) is 4.93. The topological polar surface area (TPSA) is 20.2 Å². The summed E-state index contributed by atoms with van der Waals surface area (Å²) in [6.45, 7) is 1.09. The van der Waals surface area contributed by atoms with Gasteiger partial charge in [-0.1, -0.05) is 6.07 Å². The third kappa shape index (κ3) is 5.18. The lowest BCUT2D eigenvalue weighted by Gasteiger charge is -2.25. The van der Waals surface area contributed by atoms with Gasteiger partial charge >= 0.3 is 12.4 Å². The number of aliphatic hydroxyl groups is 1. The maximum absolute atomic E-state index is 13.1. The van der Waals surface area contributed by atoms with Crippen LogP contribution in [0.2, 0.25) is 0 Å². The van der Waals surface area contributed by atoms with Gasteiger partial charge in [-0.2, -0.15) is 26.3 Å². The second kappa shape index (κ2) is 5.82. The first-order valence-electron chi connectivity index (χ1n) is 5.99. The molecular weight excluding hydrogens is 305 g/mol. The van der Waals surface area contributed by atoms with Gasteiger partial charge in [-0.25, -0.2) is 4.39 Å². The van der Waals surface area contributed by atoms with E-state index < -0.39 is 48.6 Å². The quantitative estimate of drug-likeness (QED) is 0.792. The van der Waals surface area contributed by atoms with Gasteiger partial charge in [0.2, 0.25) is 0 Å². The van der Waals surface area contributed by atoms with Crippen LogP contribution in [0.1, 0.15) is 37.3 Å². The zero-order valence-electron chi connectivity index (χ0n) is 10.9. The van der Waals surface area contributed by atoms with Crippen molar-refractivity contribution in [1.82, 2.24) is 0 Å². The molecule has 0 fully saturated rings. The molecule has 0 spiro atoms. The van der Waals surface area contributed by atoms with E-state index in [1.165, 1.54) is 0 Å². The van der Waals surface area contributed by atoms with Crippen molar-refractivity contribution in [3.05, 3.63) is 35.1 Å². The van der Waals surface area contributed by atoms with Crippen LogP contribution in [0.5, 0.6) is 0 Å². The summed E-state index contributed by atoms with van der Waals surface area (Å²) in [6.07, 6.45) is -11.3. The van der Waals surface area contributed by atoms with Crippen LogP contribution in [0.3, 0.4) is 0 Å². The highest BCUT2D eigenvalue weighted by Gasteiger charge is 2.36. The lowest BCUT2D eigenvalue weighted by atomic mass is 9.89. The fourth-order valence-corrected chi connectivity index (χ4v) is 1.85. The SMILES string of the molecule is CC(O)(CCCC(F)(F)F)c1ccc(F)c(C(F)(F)F)c1. The maximum Gasteiger partial charge on any atom is 0.419 e. The van der Waals surface area contributed by atoms with E-state index in [0.29, 0.717) is 12.1 Å². The summed E-state index contributed by atoms with van der Waals surface area (Å²) in [7, 11) is 0. The molecule has 1 aromatic rings. The van der Waals surface area contributed by atoms with Crippen LogP contribution < -0.4 is 0 Å². The van der Waals surface area contributed by atoms with Crippen molar-refractivity contribution in [1.29, 1.82) is 0 Å². The van der Waals surface area contributed by atoms with Gasteiger partial charge in [-0.3, -0.25) is 0 Å². The molecule has 0 amide bonds. The number of hydrogen-bond acceptors (Lipinski definition) is 1. The van der Waals surface area contributed by atoms with Crippen LogP contribution in [-0.2, 0) is 11.8 Å². The van der Waals surface area contributed by atoms with Gasteiger partial charge in [0.1, 0.15) is 5.82 Å².